The van der Waals surface area contributed by atoms with Crippen molar-refractivity contribution in [1.29, 1.82) is 0 Å². The molecule has 0 aromatic heterocycles. The zero-order chi connectivity index (χ0) is 27.0. The molecular weight excluding hydrogens is 477 g/mol. The fourth-order valence-electron chi connectivity index (χ4n) is 3.80. The Bertz CT molecular complexity index is 553. The van der Waals surface area contributed by atoms with Crippen molar-refractivity contribution in [2.24, 2.45) is 0 Å². The van der Waals surface area contributed by atoms with Crippen molar-refractivity contribution in [1.82, 2.24) is 0 Å². The number of phosphoric ester groups is 1. The van der Waals surface area contributed by atoms with Crippen molar-refractivity contribution >= 4 is 7.82 Å². The number of hydrogen-bond donors (Lipinski definition) is 1. The van der Waals surface area contributed by atoms with Gasteiger partial charge in [0.2, 0.25) is 0 Å². The van der Waals surface area contributed by atoms with Crippen LogP contribution in [-0.2, 0) is 18.3 Å². The van der Waals surface area contributed by atoms with E-state index in [0.29, 0.717) is 11.0 Å². The largest absolute Gasteiger partial charge is 0.756 e. The zero-order valence-corrected chi connectivity index (χ0v) is 24.9. The van der Waals surface area contributed by atoms with Gasteiger partial charge in [-0.25, -0.2) is 0 Å². The van der Waals surface area contributed by atoms with Crippen LogP contribution in [0.25, 0.3) is 0 Å². The Labute approximate surface area is 222 Å². The number of unbranched alkanes of at least 4 members (excludes halogenated alkanes) is 16. The van der Waals surface area contributed by atoms with E-state index in [1.807, 2.05) is 27.2 Å². The standard InChI is InChI=1S/C28H58NO6P/c1-5-6-7-8-9-10-11-12-13-14-15-16-17-18-19-20-21-22-24-33-26-28(30)27-35-36(31,32)34-25-23-29(2,3)4/h22,24,28,30H,5-21,23,25-27H2,1-4H3/b24-22-/t28-/m1/s1. The maximum absolute atomic E-state index is 11.7. The second-order valence-electron chi connectivity index (χ2n) is 11.0. The maximum atomic E-state index is 11.7. The number of aliphatic hydroxyl groups excluding tert-OH is 1. The summed E-state index contributed by atoms with van der Waals surface area (Å²) in [5.74, 6) is 0. The van der Waals surface area contributed by atoms with Gasteiger partial charge in [0.25, 0.3) is 7.82 Å². The van der Waals surface area contributed by atoms with Gasteiger partial charge in [0, 0.05) is 0 Å². The average molecular weight is 536 g/mol. The Morgan fingerprint density at radius 3 is 1.72 bits per heavy atom. The fraction of sp³-hybridized carbons (Fsp3) is 0.929. The molecule has 8 heteroatoms. The van der Waals surface area contributed by atoms with Gasteiger partial charge in [-0.15, -0.1) is 0 Å². The molecule has 36 heavy (non-hydrogen) atoms. The van der Waals surface area contributed by atoms with E-state index in [1.54, 1.807) is 6.26 Å². The van der Waals surface area contributed by atoms with Crippen LogP contribution in [-0.4, -0.2) is 63.2 Å². The molecule has 1 N–H and O–H groups in total. The molecule has 0 spiro atoms. The molecule has 0 heterocycles. The minimum Gasteiger partial charge on any atom is -0.756 e. The lowest BCUT2D eigenvalue weighted by molar-refractivity contribution is -0.870. The quantitative estimate of drug-likeness (QED) is 0.0543. The molecule has 0 radical (unpaired) electrons. The van der Waals surface area contributed by atoms with Crippen molar-refractivity contribution < 1.29 is 32.8 Å². The van der Waals surface area contributed by atoms with E-state index in [2.05, 4.69) is 6.92 Å². The first-order valence-corrected chi connectivity index (χ1v) is 16.0. The number of rotatable bonds is 27. The minimum absolute atomic E-state index is 0.0195. The van der Waals surface area contributed by atoms with Gasteiger partial charge in [-0.3, -0.25) is 4.57 Å². The summed E-state index contributed by atoms with van der Waals surface area (Å²) in [5.41, 5.74) is 0. The Morgan fingerprint density at radius 1 is 0.778 bits per heavy atom. The lowest BCUT2D eigenvalue weighted by Crippen LogP contribution is -2.37. The normalized spacial score (nSPS) is 14.8. The van der Waals surface area contributed by atoms with Crippen LogP contribution >= 0.6 is 7.82 Å². The highest BCUT2D eigenvalue weighted by Gasteiger charge is 2.15. The molecule has 0 aliphatic heterocycles. The summed E-state index contributed by atoms with van der Waals surface area (Å²) in [5, 5.41) is 9.82. The molecule has 0 aliphatic rings. The van der Waals surface area contributed by atoms with E-state index >= 15 is 0 Å². The van der Waals surface area contributed by atoms with Crippen LogP contribution in [0.2, 0.25) is 0 Å². The second-order valence-corrected chi connectivity index (χ2v) is 12.5. The van der Waals surface area contributed by atoms with E-state index < -0.39 is 13.9 Å². The van der Waals surface area contributed by atoms with Crippen LogP contribution in [0.1, 0.15) is 116 Å². The second kappa shape index (κ2) is 23.7. The van der Waals surface area contributed by atoms with Crippen molar-refractivity contribution in [3.05, 3.63) is 12.3 Å². The van der Waals surface area contributed by atoms with Crippen LogP contribution in [0.4, 0.5) is 0 Å². The monoisotopic (exact) mass is 535 g/mol. The van der Waals surface area contributed by atoms with Gasteiger partial charge in [-0.2, -0.15) is 0 Å². The highest BCUT2D eigenvalue weighted by atomic mass is 31.2. The summed E-state index contributed by atoms with van der Waals surface area (Å²) in [6.07, 6.45) is 25.2. The summed E-state index contributed by atoms with van der Waals surface area (Å²) < 4.78 is 27.1. The first kappa shape index (κ1) is 35.6. The number of ether oxygens (including phenoxy) is 1. The number of nitrogens with zero attached hydrogens (tertiary/aromatic N) is 1. The van der Waals surface area contributed by atoms with Gasteiger partial charge in [-0.1, -0.05) is 103 Å². The average Bonchev–Trinajstić information content (AvgIpc) is 2.80. The summed E-state index contributed by atoms with van der Waals surface area (Å²) in [7, 11) is 1.41. The number of phosphoric acid groups is 1. The smallest absolute Gasteiger partial charge is 0.268 e. The van der Waals surface area contributed by atoms with Crippen LogP contribution in [0, 0.1) is 0 Å². The number of aliphatic hydroxyl groups is 1. The lowest BCUT2D eigenvalue weighted by Gasteiger charge is -2.27. The molecule has 0 aromatic rings. The van der Waals surface area contributed by atoms with Gasteiger partial charge in [0.05, 0.1) is 34.0 Å². The molecule has 1 unspecified atom stereocenters. The van der Waals surface area contributed by atoms with E-state index in [-0.39, 0.29) is 19.8 Å². The molecule has 216 valence electrons. The molecule has 0 amide bonds. The highest BCUT2D eigenvalue weighted by molar-refractivity contribution is 7.45. The van der Waals surface area contributed by atoms with Gasteiger partial charge in [0.1, 0.15) is 25.9 Å². The van der Waals surface area contributed by atoms with Crippen LogP contribution in [0.15, 0.2) is 12.3 Å². The fourth-order valence-corrected chi connectivity index (χ4v) is 4.54. The van der Waals surface area contributed by atoms with E-state index in [1.165, 1.54) is 96.3 Å². The third-order valence-corrected chi connectivity index (χ3v) is 7.11. The van der Waals surface area contributed by atoms with Crippen LogP contribution in [0.3, 0.4) is 0 Å². The molecule has 0 saturated carbocycles. The first-order valence-electron chi connectivity index (χ1n) is 14.5. The molecule has 0 bridgehead atoms. The number of quaternary nitrogens is 1. The molecule has 0 aromatic carbocycles. The third-order valence-electron chi connectivity index (χ3n) is 6.14. The van der Waals surface area contributed by atoms with Crippen molar-refractivity contribution in [3.63, 3.8) is 0 Å². The van der Waals surface area contributed by atoms with Crippen molar-refractivity contribution in [3.8, 4) is 0 Å². The summed E-state index contributed by atoms with van der Waals surface area (Å²) in [4.78, 5) is 11.7. The summed E-state index contributed by atoms with van der Waals surface area (Å²) in [6.45, 7) is 2.45. The molecule has 7 nitrogen and oxygen atoms in total. The number of allylic oxidation sites excluding steroid dienone is 1. The Morgan fingerprint density at radius 2 is 1.25 bits per heavy atom. The Hall–Kier alpha value is -0.430. The van der Waals surface area contributed by atoms with Crippen LogP contribution < -0.4 is 4.89 Å². The summed E-state index contributed by atoms with van der Waals surface area (Å²) >= 11 is 0. The van der Waals surface area contributed by atoms with Crippen LogP contribution in [0.5, 0.6) is 0 Å². The zero-order valence-electron chi connectivity index (χ0n) is 24.0. The molecule has 0 saturated heterocycles. The number of hydrogen-bond acceptors (Lipinski definition) is 6. The first-order chi connectivity index (χ1) is 17.2. The van der Waals surface area contributed by atoms with E-state index in [9.17, 15) is 14.6 Å². The third kappa shape index (κ3) is 28.1. The van der Waals surface area contributed by atoms with Gasteiger partial charge < -0.3 is 28.3 Å². The van der Waals surface area contributed by atoms with E-state index in [4.69, 9.17) is 13.8 Å². The minimum atomic E-state index is -4.41. The van der Waals surface area contributed by atoms with Crippen molar-refractivity contribution in [2.75, 3.05) is 47.5 Å². The number of likely N-dealkylation sites (N-methyl/N-ethyl adjacent to an activating group) is 1. The molecule has 2 atom stereocenters. The van der Waals surface area contributed by atoms with Crippen molar-refractivity contribution in [2.45, 2.75) is 122 Å². The summed E-state index contributed by atoms with van der Waals surface area (Å²) in [6, 6.07) is 0. The van der Waals surface area contributed by atoms with E-state index in [0.717, 1.165) is 12.8 Å². The molecule has 0 fully saturated rings. The maximum Gasteiger partial charge on any atom is 0.268 e. The lowest BCUT2D eigenvalue weighted by atomic mass is 10.0. The SMILES string of the molecule is CCCCCCCCCCCCCCCCCC/C=C\OC[C@@H](O)COP(=O)([O-])OCC[N+](C)(C)C. The Balaban J connectivity index is 3.42. The highest BCUT2D eigenvalue weighted by Crippen LogP contribution is 2.38. The molecular formula is C28H58NO6P. The Kier molecular flexibility index (Phi) is 23.4. The van der Waals surface area contributed by atoms with Gasteiger partial charge >= 0.3 is 0 Å². The predicted molar refractivity (Wildman–Crippen MR) is 148 cm³/mol. The molecule has 0 rings (SSSR count). The topological polar surface area (TPSA) is 88.0 Å². The van der Waals surface area contributed by atoms with Gasteiger partial charge in [0.15, 0.2) is 0 Å². The predicted octanol–water partition coefficient (Wildman–Crippen LogP) is 6.74. The molecule has 0 aliphatic carbocycles. The van der Waals surface area contributed by atoms with Gasteiger partial charge in [-0.05, 0) is 18.9 Å².